The SMILES string of the molecule is O=[N+]([O-])c1ccc(OCC2CCC(COc3ccc(S(=O)(=O)F)cc3)CC2)c(Cl)c1. The minimum Gasteiger partial charge on any atom is -0.493 e. The van der Waals surface area contributed by atoms with Crippen LogP contribution in [0.15, 0.2) is 47.4 Å². The maximum absolute atomic E-state index is 12.9. The highest BCUT2D eigenvalue weighted by Crippen LogP contribution is 2.33. The Bertz CT molecular complexity index is 991. The summed E-state index contributed by atoms with van der Waals surface area (Å²) in [4.78, 5) is 9.87. The summed E-state index contributed by atoms with van der Waals surface area (Å²) < 4.78 is 46.0. The van der Waals surface area contributed by atoms with Crippen LogP contribution in [-0.2, 0) is 10.2 Å². The molecule has 0 heterocycles. The molecule has 2 aromatic rings. The molecular formula is C20H21ClFNO6S. The number of non-ortho nitro benzene ring substituents is 1. The summed E-state index contributed by atoms with van der Waals surface area (Å²) in [5, 5.41) is 11.0. The summed E-state index contributed by atoms with van der Waals surface area (Å²) in [6, 6.07) is 9.41. The van der Waals surface area contributed by atoms with Gasteiger partial charge in [0.2, 0.25) is 0 Å². The van der Waals surface area contributed by atoms with Crippen LogP contribution in [0, 0.1) is 22.0 Å². The first kappa shape index (κ1) is 22.3. The van der Waals surface area contributed by atoms with Gasteiger partial charge in [-0.1, -0.05) is 11.6 Å². The summed E-state index contributed by atoms with van der Waals surface area (Å²) in [7, 11) is -4.70. The largest absolute Gasteiger partial charge is 0.493 e. The average Bonchev–Trinajstić information content (AvgIpc) is 2.71. The quantitative estimate of drug-likeness (QED) is 0.308. The molecular weight excluding hydrogens is 437 g/mol. The normalized spacial score (nSPS) is 19.3. The lowest BCUT2D eigenvalue weighted by Gasteiger charge is -2.28. The Morgan fingerprint density at radius 2 is 1.57 bits per heavy atom. The zero-order chi connectivity index (χ0) is 21.7. The molecule has 7 nitrogen and oxygen atoms in total. The van der Waals surface area contributed by atoms with Crippen molar-refractivity contribution >= 4 is 27.5 Å². The Balaban J connectivity index is 1.41. The lowest BCUT2D eigenvalue weighted by atomic mass is 9.83. The number of nitro benzene ring substituents is 1. The molecule has 30 heavy (non-hydrogen) atoms. The van der Waals surface area contributed by atoms with Crippen molar-refractivity contribution in [2.45, 2.75) is 30.6 Å². The van der Waals surface area contributed by atoms with Gasteiger partial charge in [-0.25, -0.2) is 0 Å². The van der Waals surface area contributed by atoms with E-state index in [1.54, 1.807) is 0 Å². The molecule has 0 N–H and O–H groups in total. The van der Waals surface area contributed by atoms with E-state index in [0.717, 1.165) is 25.7 Å². The molecule has 0 bridgehead atoms. The molecule has 0 aromatic heterocycles. The third-order valence-corrected chi connectivity index (χ3v) is 6.29. The van der Waals surface area contributed by atoms with Crippen molar-refractivity contribution in [2.24, 2.45) is 11.8 Å². The highest BCUT2D eigenvalue weighted by atomic mass is 35.5. The van der Waals surface area contributed by atoms with E-state index in [1.807, 2.05) is 0 Å². The first-order valence-electron chi connectivity index (χ1n) is 9.46. The first-order chi connectivity index (χ1) is 14.2. The third-order valence-electron chi connectivity index (χ3n) is 5.16. The van der Waals surface area contributed by atoms with Crippen LogP contribution in [0.2, 0.25) is 5.02 Å². The summed E-state index contributed by atoms with van der Waals surface area (Å²) >= 11 is 6.05. The fourth-order valence-corrected chi connectivity index (χ4v) is 4.10. The van der Waals surface area contributed by atoms with Crippen LogP contribution in [0.3, 0.4) is 0 Å². The molecule has 0 radical (unpaired) electrons. The van der Waals surface area contributed by atoms with Gasteiger partial charge in [-0.15, -0.1) is 3.89 Å². The molecule has 3 rings (SSSR count). The van der Waals surface area contributed by atoms with Crippen molar-refractivity contribution < 1.29 is 26.7 Å². The van der Waals surface area contributed by atoms with E-state index in [-0.39, 0.29) is 15.6 Å². The van der Waals surface area contributed by atoms with E-state index < -0.39 is 15.1 Å². The predicted octanol–water partition coefficient (Wildman–Crippen LogP) is 5.17. The predicted molar refractivity (Wildman–Crippen MR) is 109 cm³/mol. The van der Waals surface area contributed by atoms with Crippen LogP contribution in [-0.4, -0.2) is 26.6 Å². The van der Waals surface area contributed by atoms with Crippen molar-refractivity contribution in [3.05, 3.63) is 57.6 Å². The van der Waals surface area contributed by atoms with Gasteiger partial charge in [-0.2, -0.15) is 8.42 Å². The first-order valence-corrected chi connectivity index (χ1v) is 11.2. The van der Waals surface area contributed by atoms with Crippen LogP contribution < -0.4 is 9.47 Å². The molecule has 0 amide bonds. The number of benzene rings is 2. The van der Waals surface area contributed by atoms with Crippen molar-refractivity contribution in [3.63, 3.8) is 0 Å². The summed E-state index contributed by atoms with van der Waals surface area (Å²) in [6.45, 7) is 0.994. The molecule has 0 unspecified atom stereocenters. The van der Waals surface area contributed by atoms with Crippen molar-refractivity contribution in [1.29, 1.82) is 0 Å². The van der Waals surface area contributed by atoms with E-state index in [9.17, 15) is 22.4 Å². The minimum absolute atomic E-state index is 0.0752. The maximum Gasteiger partial charge on any atom is 0.332 e. The van der Waals surface area contributed by atoms with Crippen molar-refractivity contribution in [3.8, 4) is 11.5 Å². The van der Waals surface area contributed by atoms with E-state index in [1.165, 1.54) is 42.5 Å². The van der Waals surface area contributed by atoms with Crippen LogP contribution in [0.25, 0.3) is 0 Å². The van der Waals surface area contributed by atoms with Crippen LogP contribution >= 0.6 is 11.6 Å². The Labute approximate surface area is 179 Å². The Morgan fingerprint density at radius 1 is 1.00 bits per heavy atom. The van der Waals surface area contributed by atoms with E-state index >= 15 is 0 Å². The number of hydrogen-bond donors (Lipinski definition) is 0. The lowest BCUT2D eigenvalue weighted by Crippen LogP contribution is -2.23. The lowest BCUT2D eigenvalue weighted by molar-refractivity contribution is -0.384. The average molecular weight is 458 g/mol. The smallest absolute Gasteiger partial charge is 0.332 e. The van der Waals surface area contributed by atoms with Gasteiger partial charge in [-0.05, 0) is 67.9 Å². The molecule has 2 aromatic carbocycles. The van der Waals surface area contributed by atoms with E-state index in [0.29, 0.717) is 36.5 Å². The number of hydrogen-bond acceptors (Lipinski definition) is 6. The topological polar surface area (TPSA) is 95.7 Å². The fraction of sp³-hybridized carbons (Fsp3) is 0.400. The molecule has 1 aliphatic carbocycles. The molecule has 0 atom stereocenters. The number of ether oxygens (including phenoxy) is 2. The van der Waals surface area contributed by atoms with E-state index in [2.05, 4.69) is 0 Å². The van der Waals surface area contributed by atoms with Crippen LogP contribution in [0.1, 0.15) is 25.7 Å². The molecule has 0 saturated heterocycles. The zero-order valence-corrected chi connectivity index (χ0v) is 17.6. The molecule has 1 saturated carbocycles. The van der Waals surface area contributed by atoms with Crippen molar-refractivity contribution in [2.75, 3.05) is 13.2 Å². The standard InChI is InChI=1S/C20H21ClFNO6S/c21-19-11-16(23(24)25)5-10-20(19)29-13-15-3-1-14(2-4-15)12-28-17-6-8-18(9-7-17)30(22,26)27/h5-11,14-15H,1-4,12-13H2. The molecule has 1 aliphatic rings. The van der Waals surface area contributed by atoms with Gasteiger partial charge in [0.05, 0.1) is 28.1 Å². The highest BCUT2D eigenvalue weighted by molar-refractivity contribution is 7.86. The van der Waals surface area contributed by atoms with Gasteiger partial charge < -0.3 is 9.47 Å². The summed E-state index contributed by atoms with van der Waals surface area (Å²) in [5.41, 5.74) is -0.0752. The monoisotopic (exact) mass is 457 g/mol. The Morgan fingerprint density at radius 3 is 2.07 bits per heavy atom. The minimum atomic E-state index is -4.70. The molecule has 1 fully saturated rings. The second-order valence-electron chi connectivity index (χ2n) is 7.29. The number of halogens is 2. The van der Waals surface area contributed by atoms with Gasteiger partial charge in [0, 0.05) is 12.1 Å². The number of nitrogens with zero attached hydrogens (tertiary/aromatic N) is 1. The van der Waals surface area contributed by atoms with Gasteiger partial charge in [0.25, 0.3) is 5.69 Å². The molecule has 0 aliphatic heterocycles. The molecule has 0 spiro atoms. The Hall–Kier alpha value is -2.39. The summed E-state index contributed by atoms with van der Waals surface area (Å²) in [6.07, 6.45) is 3.83. The maximum atomic E-state index is 12.9. The van der Waals surface area contributed by atoms with Crippen molar-refractivity contribution in [1.82, 2.24) is 0 Å². The van der Waals surface area contributed by atoms with Gasteiger partial charge in [-0.3, -0.25) is 10.1 Å². The second-order valence-corrected chi connectivity index (χ2v) is 9.04. The van der Waals surface area contributed by atoms with Gasteiger partial charge >= 0.3 is 10.2 Å². The fourth-order valence-electron chi connectivity index (χ4n) is 3.41. The van der Waals surface area contributed by atoms with Gasteiger partial charge in [0.1, 0.15) is 11.5 Å². The summed E-state index contributed by atoms with van der Waals surface area (Å²) in [5.74, 6) is 1.67. The zero-order valence-electron chi connectivity index (χ0n) is 16.0. The molecule has 10 heteroatoms. The van der Waals surface area contributed by atoms with Gasteiger partial charge in [0.15, 0.2) is 0 Å². The van der Waals surface area contributed by atoms with Crippen LogP contribution in [0.5, 0.6) is 11.5 Å². The molecule has 162 valence electrons. The van der Waals surface area contributed by atoms with E-state index in [4.69, 9.17) is 21.1 Å². The third kappa shape index (κ3) is 6.06. The second kappa shape index (κ2) is 9.61. The van der Waals surface area contributed by atoms with Crippen LogP contribution in [0.4, 0.5) is 9.57 Å². The number of nitro groups is 1. The highest BCUT2D eigenvalue weighted by Gasteiger charge is 2.23. The Kier molecular flexibility index (Phi) is 7.14. The number of rotatable bonds is 8.